The van der Waals surface area contributed by atoms with Gasteiger partial charge in [0.2, 0.25) is 0 Å². The molecule has 1 rings (SSSR count). The van der Waals surface area contributed by atoms with Crippen LogP contribution in [-0.2, 0) is 27.3 Å². The Morgan fingerprint density at radius 3 is 2.14 bits per heavy atom. The number of nitrogens with one attached hydrogen (secondary N) is 2. The van der Waals surface area contributed by atoms with Crippen LogP contribution in [0.1, 0.15) is 44.7 Å². The number of carbonyl (C=O) groups excluding carboxylic acids is 1. The highest BCUT2D eigenvalue weighted by Crippen LogP contribution is 2.05. The van der Waals surface area contributed by atoms with E-state index in [1.165, 1.54) is 0 Å². The first-order valence-corrected chi connectivity index (χ1v) is 8.86. The lowest BCUT2D eigenvalue weighted by Gasteiger charge is -2.18. The molecule has 0 fully saturated rings. The van der Waals surface area contributed by atoms with Crippen LogP contribution in [0.4, 0.5) is 4.79 Å². The van der Waals surface area contributed by atoms with Crippen molar-refractivity contribution in [2.24, 2.45) is 0 Å². The number of rotatable bonds is 13. The first kappa shape index (κ1) is 22.9. The standard InChI is InChI=1S/C16H25N5O7/c1-2-10-9-21(20-19-10)8-4-3-5-11(14(24)25)17-16(28)18-12(15(26)27)6-7-13(22)23/h9,11-12H,2-8H2,1H3,(H,22,23)(H,24,25)(H,26,27)(H2,17,18,28)/t11-,12+/m0/s1. The van der Waals surface area contributed by atoms with Crippen molar-refractivity contribution in [3.8, 4) is 0 Å². The maximum atomic E-state index is 11.9. The lowest BCUT2D eigenvalue weighted by Crippen LogP contribution is -2.51. The quantitative estimate of drug-likeness (QED) is 0.287. The van der Waals surface area contributed by atoms with Crippen LogP contribution in [-0.4, -0.2) is 66.3 Å². The van der Waals surface area contributed by atoms with E-state index in [4.69, 9.17) is 10.2 Å². The van der Waals surface area contributed by atoms with Gasteiger partial charge in [0.25, 0.3) is 0 Å². The number of carboxylic acids is 3. The monoisotopic (exact) mass is 399 g/mol. The van der Waals surface area contributed by atoms with Gasteiger partial charge in [-0.2, -0.15) is 0 Å². The Hall–Kier alpha value is -3.18. The zero-order valence-electron chi connectivity index (χ0n) is 15.5. The summed E-state index contributed by atoms with van der Waals surface area (Å²) in [5.41, 5.74) is 0.859. The molecule has 2 atom stereocenters. The molecule has 2 amide bonds. The van der Waals surface area contributed by atoms with Gasteiger partial charge in [0.05, 0.1) is 5.69 Å². The van der Waals surface area contributed by atoms with Crippen LogP contribution in [0.5, 0.6) is 0 Å². The minimum absolute atomic E-state index is 0.144. The molecule has 1 heterocycles. The van der Waals surface area contributed by atoms with E-state index >= 15 is 0 Å². The fourth-order valence-electron chi connectivity index (χ4n) is 2.37. The molecule has 28 heavy (non-hydrogen) atoms. The summed E-state index contributed by atoms with van der Waals surface area (Å²) in [5.74, 6) is -3.85. The van der Waals surface area contributed by atoms with E-state index in [1.54, 1.807) is 4.68 Å². The summed E-state index contributed by atoms with van der Waals surface area (Å²) >= 11 is 0. The molecule has 156 valence electrons. The van der Waals surface area contributed by atoms with Crippen molar-refractivity contribution in [1.82, 2.24) is 25.6 Å². The number of carbonyl (C=O) groups is 4. The summed E-state index contributed by atoms with van der Waals surface area (Å²) in [6.45, 7) is 2.51. The minimum Gasteiger partial charge on any atom is -0.481 e. The van der Waals surface area contributed by atoms with Crippen molar-refractivity contribution < 1.29 is 34.5 Å². The fourth-order valence-corrected chi connectivity index (χ4v) is 2.37. The normalized spacial score (nSPS) is 12.8. The number of nitrogens with zero attached hydrogens (tertiary/aromatic N) is 3. The Bertz CT molecular complexity index is 691. The maximum Gasteiger partial charge on any atom is 0.326 e. The van der Waals surface area contributed by atoms with E-state index in [9.17, 15) is 24.3 Å². The Morgan fingerprint density at radius 1 is 1.04 bits per heavy atom. The molecule has 0 spiro atoms. The van der Waals surface area contributed by atoms with E-state index in [-0.39, 0.29) is 12.8 Å². The second-order valence-corrected chi connectivity index (χ2v) is 6.15. The van der Waals surface area contributed by atoms with Gasteiger partial charge in [-0.15, -0.1) is 5.10 Å². The third-order valence-electron chi connectivity index (χ3n) is 3.93. The average Bonchev–Trinajstić information content (AvgIpc) is 3.08. The highest BCUT2D eigenvalue weighted by molar-refractivity contribution is 5.86. The summed E-state index contributed by atoms with van der Waals surface area (Å²) in [7, 11) is 0. The number of amides is 2. The molecule has 5 N–H and O–H groups in total. The van der Waals surface area contributed by atoms with Gasteiger partial charge in [-0.25, -0.2) is 14.4 Å². The number of unbranched alkanes of at least 4 members (excludes halogenated alkanes) is 1. The number of urea groups is 1. The van der Waals surface area contributed by atoms with Crippen molar-refractivity contribution in [2.45, 2.75) is 64.1 Å². The highest BCUT2D eigenvalue weighted by Gasteiger charge is 2.24. The van der Waals surface area contributed by atoms with Crippen molar-refractivity contribution in [3.63, 3.8) is 0 Å². The second kappa shape index (κ2) is 11.5. The molecule has 0 aromatic carbocycles. The Morgan fingerprint density at radius 2 is 1.64 bits per heavy atom. The van der Waals surface area contributed by atoms with E-state index in [2.05, 4.69) is 20.9 Å². The molecule has 0 bridgehead atoms. The van der Waals surface area contributed by atoms with Gasteiger partial charge >= 0.3 is 23.9 Å². The molecule has 0 aliphatic carbocycles. The number of hydrogen-bond donors (Lipinski definition) is 5. The maximum absolute atomic E-state index is 11.9. The molecule has 0 radical (unpaired) electrons. The molecular weight excluding hydrogens is 374 g/mol. The van der Waals surface area contributed by atoms with Crippen LogP contribution in [0.15, 0.2) is 6.20 Å². The SMILES string of the molecule is CCc1cn(CCCC[C@H](NC(=O)N[C@H](CCC(=O)O)C(=O)O)C(=O)O)nn1. The van der Waals surface area contributed by atoms with Gasteiger partial charge in [-0.3, -0.25) is 9.48 Å². The second-order valence-electron chi connectivity index (χ2n) is 6.15. The van der Waals surface area contributed by atoms with Crippen molar-refractivity contribution in [3.05, 3.63) is 11.9 Å². The van der Waals surface area contributed by atoms with E-state index in [1.807, 2.05) is 13.1 Å². The highest BCUT2D eigenvalue weighted by atomic mass is 16.4. The first-order chi connectivity index (χ1) is 13.2. The zero-order valence-corrected chi connectivity index (χ0v) is 15.5. The molecule has 0 saturated heterocycles. The molecule has 0 unspecified atom stereocenters. The van der Waals surface area contributed by atoms with Gasteiger partial charge in [0.15, 0.2) is 0 Å². The van der Waals surface area contributed by atoms with Crippen LogP contribution < -0.4 is 10.6 Å². The average molecular weight is 399 g/mol. The van der Waals surface area contributed by atoms with Crippen molar-refractivity contribution in [1.29, 1.82) is 0 Å². The first-order valence-electron chi connectivity index (χ1n) is 8.86. The molecule has 0 aliphatic heterocycles. The number of aryl methyl sites for hydroxylation is 2. The Kier molecular flexibility index (Phi) is 9.40. The Labute approximate surface area is 160 Å². The summed E-state index contributed by atoms with van der Waals surface area (Å²) in [6, 6.07) is -3.60. The number of hydrogen-bond acceptors (Lipinski definition) is 6. The molecule has 1 aromatic heterocycles. The molecule has 12 heteroatoms. The van der Waals surface area contributed by atoms with E-state index < -0.39 is 42.4 Å². The van der Waals surface area contributed by atoms with Crippen LogP contribution >= 0.6 is 0 Å². The third-order valence-corrected chi connectivity index (χ3v) is 3.93. The van der Waals surface area contributed by atoms with Gasteiger partial charge < -0.3 is 26.0 Å². The number of aliphatic carboxylic acids is 3. The smallest absolute Gasteiger partial charge is 0.326 e. The van der Waals surface area contributed by atoms with Crippen molar-refractivity contribution in [2.75, 3.05) is 0 Å². The van der Waals surface area contributed by atoms with Gasteiger partial charge in [0, 0.05) is 19.2 Å². The van der Waals surface area contributed by atoms with Gasteiger partial charge in [-0.1, -0.05) is 12.1 Å². The molecule has 1 aromatic rings. The summed E-state index contributed by atoms with van der Waals surface area (Å²) in [4.78, 5) is 44.8. The summed E-state index contributed by atoms with van der Waals surface area (Å²) in [6.07, 6.45) is 3.07. The van der Waals surface area contributed by atoms with Crippen LogP contribution in [0.2, 0.25) is 0 Å². The van der Waals surface area contributed by atoms with E-state index in [0.717, 1.165) is 12.1 Å². The minimum atomic E-state index is -1.43. The van der Waals surface area contributed by atoms with Crippen LogP contribution in [0.3, 0.4) is 0 Å². The summed E-state index contributed by atoms with van der Waals surface area (Å²) in [5, 5.41) is 39.0. The van der Waals surface area contributed by atoms with Gasteiger partial charge in [-0.05, 0) is 32.1 Å². The topological polar surface area (TPSA) is 184 Å². The van der Waals surface area contributed by atoms with Crippen LogP contribution in [0, 0.1) is 0 Å². The lowest BCUT2D eigenvalue weighted by molar-refractivity contribution is -0.140. The molecular formula is C16H25N5O7. The fraction of sp³-hybridized carbons (Fsp3) is 0.625. The predicted molar refractivity (Wildman–Crippen MR) is 94.6 cm³/mol. The van der Waals surface area contributed by atoms with Crippen LogP contribution in [0.25, 0.3) is 0 Å². The third kappa shape index (κ3) is 8.47. The lowest BCUT2D eigenvalue weighted by atomic mass is 10.1. The predicted octanol–water partition coefficient (Wildman–Crippen LogP) is 0.0812. The molecule has 0 saturated carbocycles. The zero-order chi connectivity index (χ0) is 21.1. The number of aromatic nitrogens is 3. The molecule has 0 aliphatic rings. The van der Waals surface area contributed by atoms with Gasteiger partial charge in [0.1, 0.15) is 12.1 Å². The number of carboxylic acid groups (broad SMARTS) is 3. The van der Waals surface area contributed by atoms with E-state index in [0.29, 0.717) is 19.4 Å². The summed E-state index contributed by atoms with van der Waals surface area (Å²) < 4.78 is 1.66. The molecule has 12 nitrogen and oxygen atoms in total. The largest absolute Gasteiger partial charge is 0.481 e. The van der Waals surface area contributed by atoms with Crippen molar-refractivity contribution >= 4 is 23.9 Å². The Balaban J connectivity index is 2.44.